The monoisotopic (exact) mass is 286 g/mol. The van der Waals surface area contributed by atoms with Crippen LogP contribution in [0, 0.1) is 13.8 Å². The molecule has 0 fully saturated rings. The number of rotatable bonds is 6. The number of anilines is 1. The summed E-state index contributed by atoms with van der Waals surface area (Å²) >= 11 is 0. The smallest absolute Gasteiger partial charge is 0.212 e. The molecule has 0 aliphatic heterocycles. The molecule has 0 aromatic carbocycles. The van der Waals surface area contributed by atoms with Crippen molar-refractivity contribution >= 4 is 5.82 Å². The predicted molar refractivity (Wildman–Crippen MR) is 83.9 cm³/mol. The van der Waals surface area contributed by atoms with E-state index in [2.05, 4.69) is 27.2 Å². The maximum absolute atomic E-state index is 5.07. The first kappa shape index (κ1) is 15.2. The number of nitrogens with zero attached hydrogens (tertiary/aromatic N) is 3. The minimum Gasteiger partial charge on any atom is -0.481 e. The van der Waals surface area contributed by atoms with Crippen molar-refractivity contribution in [2.24, 2.45) is 0 Å². The van der Waals surface area contributed by atoms with Gasteiger partial charge in [0.05, 0.1) is 7.11 Å². The summed E-state index contributed by atoms with van der Waals surface area (Å²) in [5.41, 5.74) is 3.20. The maximum atomic E-state index is 5.07. The first-order valence-electron chi connectivity index (χ1n) is 7.21. The molecule has 2 heterocycles. The molecule has 0 unspecified atom stereocenters. The van der Waals surface area contributed by atoms with Crippen molar-refractivity contribution < 1.29 is 4.74 Å². The van der Waals surface area contributed by atoms with Crippen LogP contribution in [0.5, 0.6) is 5.88 Å². The van der Waals surface area contributed by atoms with Crippen LogP contribution in [-0.4, -0.2) is 28.6 Å². The van der Waals surface area contributed by atoms with Gasteiger partial charge in [0, 0.05) is 36.5 Å². The summed E-state index contributed by atoms with van der Waals surface area (Å²) in [5.74, 6) is 2.36. The molecule has 0 aliphatic carbocycles. The highest BCUT2D eigenvalue weighted by molar-refractivity contribution is 5.45. The van der Waals surface area contributed by atoms with Crippen LogP contribution in [0.3, 0.4) is 0 Å². The number of pyridine rings is 1. The van der Waals surface area contributed by atoms with E-state index in [-0.39, 0.29) is 0 Å². The third-order valence-corrected chi connectivity index (χ3v) is 3.35. The molecule has 0 spiro atoms. The molecule has 0 bridgehead atoms. The highest BCUT2D eigenvalue weighted by Gasteiger charge is 2.08. The van der Waals surface area contributed by atoms with Crippen molar-refractivity contribution in [2.75, 3.05) is 19.0 Å². The quantitative estimate of drug-likeness (QED) is 0.884. The Labute approximate surface area is 125 Å². The topological polar surface area (TPSA) is 59.9 Å². The van der Waals surface area contributed by atoms with Crippen molar-refractivity contribution in [3.05, 3.63) is 41.0 Å². The fourth-order valence-corrected chi connectivity index (χ4v) is 2.00. The SMILES string of the molecule is CCCNc1nc(Cc2ccc(OC)nc2)nc(C)c1C. The molecule has 2 aromatic rings. The Kier molecular flexibility index (Phi) is 5.09. The van der Waals surface area contributed by atoms with Gasteiger partial charge in [-0.15, -0.1) is 0 Å². The number of aryl methyl sites for hydroxylation is 1. The van der Waals surface area contributed by atoms with E-state index in [1.54, 1.807) is 13.3 Å². The van der Waals surface area contributed by atoms with Gasteiger partial charge in [0.1, 0.15) is 11.6 Å². The third-order valence-electron chi connectivity index (χ3n) is 3.35. The molecular weight excluding hydrogens is 264 g/mol. The van der Waals surface area contributed by atoms with Crippen molar-refractivity contribution in [3.8, 4) is 5.88 Å². The van der Waals surface area contributed by atoms with Gasteiger partial charge >= 0.3 is 0 Å². The normalized spacial score (nSPS) is 10.5. The van der Waals surface area contributed by atoms with Gasteiger partial charge in [-0.2, -0.15) is 0 Å². The van der Waals surface area contributed by atoms with E-state index in [0.29, 0.717) is 12.3 Å². The highest BCUT2D eigenvalue weighted by Crippen LogP contribution is 2.17. The molecule has 21 heavy (non-hydrogen) atoms. The van der Waals surface area contributed by atoms with E-state index in [1.807, 2.05) is 26.0 Å². The Hall–Kier alpha value is -2.17. The van der Waals surface area contributed by atoms with Crippen LogP contribution in [-0.2, 0) is 6.42 Å². The summed E-state index contributed by atoms with van der Waals surface area (Å²) in [6.45, 7) is 7.12. The molecule has 2 rings (SSSR count). The number of hydrogen-bond acceptors (Lipinski definition) is 5. The van der Waals surface area contributed by atoms with Gasteiger partial charge < -0.3 is 10.1 Å². The van der Waals surface area contributed by atoms with Crippen molar-refractivity contribution in [1.29, 1.82) is 0 Å². The lowest BCUT2D eigenvalue weighted by Gasteiger charge is -2.11. The standard InChI is InChI=1S/C16H22N4O/c1-5-8-17-16-11(2)12(3)19-14(20-16)9-13-6-7-15(21-4)18-10-13/h6-7,10H,5,8-9H2,1-4H3,(H,17,19,20). The van der Waals surface area contributed by atoms with Crippen LogP contribution >= 0.6 is 0 Å². The zero-order valence-corrected chi connectivity index (χ0v) is 13.1. The Morgan fingerprint density at radius 2 is 2.00 bits per heavy atom. The summed E-state index contributed by atoms with van der Waals surface area (Å²) in [6.07, 6.45) is 3.54. The summed E-state index contributed by atoms with van der Waals surface area (Å²) in [4.78, 5) is 13.4. The second-order valence-electron chi connectivity index (χ2n) is 5.01. The minimum atomic E-state index is 0.616. The number of hydrogen-bond donors (Lipinski definition) is 1. The molecule has 112 valence electrons. The van der Waals surface area contributed by atoms with Gasteiger partial charge in [-0.3, -0.25) is 0 Å². The minimum absolute atomic E-state index is 0.616. The molecule has 2 aromatic heterocycles. The average Bonchev–Trinajstić information content (AvgIpc) is 2.50. The van der Waals surface area contributed by atoms with Crippen molar-refractivity contribution in [2.45, 2.75) is 33.6 Å². The van der Waals surface area contributed by atoms with E-state index in [4.69, 9.17) is 4.74 Å². The molecule has 0 saturated heterocycles. The van der Waals surface area contributed by atoms with E-state index < -0.39 is 0 Å². The summed E-state index contributed by atoms with van der Waals surface area (Å²) in [7, 11) is 1.61. The van der Waals surface area contributed by atoms with Gasteiger partial charge in [0.15, 0.2) is 0 Å². The largest absolute Gasteiger partial charge is 0.481 e. The van der Waals surface area contributed by atoms with Crippen LogP contribution in [0.4, 0.5) is 5.82 Å². The summed E-state index contributed by atoms with van der Waals surface area (Å²) in [5, 5.41) is 3.36. The predicted octanol–water partition coefficient (Wildman–Crippen LogP) is 2.91. The summed E-state index contributed by atoms with van der Waals surface area (Å²) in [6, 6.07) is 3.84. The highest BCUT2D eigenvalue weighted by atomic mass is 16.5. The molecule has 0 atom stereocenters. The molecule has 0 aliphatic rings. The lowest BCUT2D eigenvalue weighted by atomic mass is 10.2. The summed E-state index contributed by atoms with van der Waals surface area (Å²) < 4.78 is 5.07. The third kappa shape index (κ3) is 3.90. The number of ether oxygens (including phenoxy) is 1. The molecule has 1 N–H and O–H groups in total. The van der Waals surface area contributed by atoms with Gasteiger partial charge in [-0.05, 0) is 25.8 Å². The lowest BCUT2D eigenvalue weighted by Crippen LogP contribution is -2.09. The van der Waals surface area contributed by atoms with E-state index >= 15 is 0 Å². The van der Waals surface area contributed by atoms with Crippen LogP contribution < -0.4 is 10.1 Å². The zero-order chi connectivity index (χ0) is 15.2. The molecular formula is C16H22N4O. The Morgan fingerprint density at radius 3 is 2.62 bits per heavy atom. The van der Waals surface area contributed by atoms with Crippen molar-refractivity contribution in [3.63, 3.8) is 0 Å². The molecule has 5 heteroatoms. The fourth-order valence-electron chi connectivity index (χ4n) is 2.00. The Balaban J connectivity index is 2.20. The Morgan fingerprint density at radius 1 is 1.19 bits per heavy atom. The second kappa shape index (κ2) is 7.02. The van der Waals surface area contributed by atoms with E-state index in [1.165, 1.54) is 0 Å². The van der Waals surface area contributed by atoms with Crippen LogP contribution in [0.2, 0.25) is 0 Å². The number of nitrogens with one attached hydrogen (secondary N) is 1. The first-order valence-corrected chi connectivity index (χ1v) is 7.21. The van der Waals surface area contributed by atoms with E-state index in [9.17, 15) is 0 Å². The second-order valence-corrected chi connectivity index (χ2v) is 5.01. The van der Waals surface area contributed by atoms with Crippen molar-refractivity contribution in [1.82, 2.24) is 15.0 Å². The van der Waals surface area contributed by atoms with Gasteiger partial charge in [0.2, 0.25) is 5.88 Å². The van der Waals surface area contributed by atoms with Crippen LogP contribution in [0.15, 0.2) is 18.3 Å². The van der Waals surface area contributed by atoms with Crippen LogP contribution in [0.25, 0.3) is 0 Å². The van der Waals surface area contributed by atoms with Crippen LogP contribution in [0.1, 0.15) is 36.0 Å². The van der Waals surface area contributed by atoms with Gasteiger partial charge in [-0.25, -0.2) is 15.0 Å². The Bertz CT molecular complexity index is 596. The zero-order valence-electron chi connectivity index (χ0n) is 13.1. The molecule has 5 nitrogen and oxygen atoms in total. The lowest BCUT2D eigenvalue weighted by molar-refractivity contribution is 0.397. The number of aromatic nitrogens is 3. The van der Waals surface area contributed by atoms with Gasteiger partial charge in [0.25, 0.3) is 0 Å². The van der Waals surface area contributed by atoms with Gasteiger partial charge in [-0.1, -0.05) is 13.0 Å². The molecule has 0 radical (unpaired) electrons. The maximum Gasteiger partial charge on any atom is 0.212 e. The fraction of sp³-hybridized carbons (Fsp3) is 0.438. The average molecular weight is 286 g/mol. The molecule has 0 saturated carbocycles. The number of methoxy groups -OCH3 is 1. The molecule has 0 amide bonds. The van der Waals surface area contributed by atoms with E-state index in [0.717, 1.165) is 41.4 Å². The first-order chi connectivity index (χ1) is 10.1.